The lowest BCUT2D eigenvalue weighted by Crippen LogP contribution is -2.23. The summed E-state index contributed by atoms with van der Waals surface area (Å²) in [4.78, 5) is 11.6. The van der Waals surface area contributed by atoms with Crippen molar-refractivity contribution in [3.63, 3.8) is 0 Å². The van der Waals surface area contributed by atoms with Gasteiger partial charge in [-0.05, 0) is 43.6 Å². The smallest absolute Gasteiger partial charge is 0.164 e. The lowest BCUT2D eigenvalue weighted by atomic mass is 9.89. The van der Waals surface area contributed by atoms with Crippen molar-refractivity contribution >= 4 is 22.3 Å². The van der Waals surface area contributed by atoms with E-state index in [1.54, 1.807) is 6.92 Å². The van der Waals surface area contributed by atoms with Crippen LogP contribution in [0.3, 0.4) is 0 Å². The van der Waals surface area contributed by atoms with Crippen molar-refractivity contribution in [2.45, 2.75) is 46.5 Å². The number of nitrogens with zero attached hydrogens (tertiary/aromatic N) is 1. The molecule has 0 unspecified atom stereocenters. The largest absolute Gasteiger partial charge is 0.375 e. The van der Waals surface area contributed by atoms with Crippen LogP contribution in [-0.2, 0) is 0 Å². The van der Waals surface area contributed by atoms with Gasteiger partial charge in [0, 0.05) is 6.54 Å². The second-order valence-electron chi connectivity index (χ2n) is 5.40. The zero-order valence-electron chi connectivity index (χ0n) is 10.8. The van der Waals surface area contributed by atoms with Crippen LogP contribution >= 0.6 is 11.5 Å². The predicted octanol–water partition coefficient (Wildman–Crippen LogP) is 3.65. The van der Waals surface area contributed by atoms with Crippen molar-refractivity contribution in [2.75, 3.05) is 11.9 Å². The standard InChI is InChI=1S/C13H20N2OS/c1-9-11(10(2)16)12(17-15-9)14-8-13(3)6-4-5-7-13/h14H,4-8H2,1-3H3. The highest BCUT2D eigenvalue weighted by molar-refractivity contribution is 7.10. The van der Waals surface area contributed by atoms with Crippen molar-refractivity contribution in [2.24, 2.45) is 5.41 Å². The van der Waals surface area contributed by atoms with Crippen LogP contribution in [0.1, 0.15) is 55.6 Å². The van der Waals surface area contributed by atoms with Gasteiger partial charge in [0.15, 0.2) is 5.78 Å². The Morgan fingerprint density at radius 3 is 2.71 bits per heavy atom. The van der Waals surface area contributed by atoms with E-state index < -0.39 is 0 Å². The van der Waals surface area contributed by atoms with Crippen LogP contribution in [0, 0.1) is 12.3 Å². The summed E-state index contributed by atoms with van der Waals surface area (Å²) in [6, 6.07) is 0. The van der Waals surface area contributed by atoms with Crippen LogP contribution in [0.2, 0.25) is 0 Å². The second kappa shape index (κ2) is 4.77. The minimum atomic E-state index is 0.107. The molecule has 0 aromatic carbocycles. The number of ketones is 1. The molecule has 1 aromatic rings. The molecule has 17 heavy (non-hydrogen) atoms. The number of nitrogens with one attached hydrogen (secondary N) is 1. The Morgan fingerprint density at radius 2 is 2.12 bits per heavy atom. The van der Waals surface area contributed by atoms with Gasteiger partial charge in [0.05, 0.1) is 11.3 Å². The third kappa shape index (κ3) is 2.68. The fraction of sp³-hybridized carbons (Fsp3) is 0.692. The average Bonchev–Trinajstić information content (AvgIpc) is 2.83. The highest BCUT2D eigenvalue weighted by atomic mass is 32.1. The molecule has 94 valence electrons. The third-order valence-corrected chi connectivity index (χ3v) is 4.60. The molecule has 1 heterocycles. The number of Topliss-reactive ketones (excluding diaryl/α,β-unsaturated/α-hetero) is 1. The lowest BCUT2D eigenvalue weighted by molar-refractivity contribution is 0.101. The molecule has 0 saturated heterocycles. The Labute approximate surface area is 107 Å². The SMILES string of the molecule is CC(=O)c1c(C)nsc1NCC1(C)CCCC1. The van der Waals surface area contributed by atoms with E-state index in [4.69, 9.17) is 0 Å². The molecule has 0 spiro atoms. The van der Waals surface area contributed by atoms with Gasteiger partial charge >= 0.3 is 0 Å². The molecule has 2 rings (SSSR count). The summed E-state index contributed by atoms with van der Waals surface area (Å²) >= 11 is 1.40. The molecule has 0 atom stereocenters. The van der Waals surface area contributed by atoms with Gasteiger partial charge in [-0.3, -0.25) is 4.79 Å². The normalized spacial score (nSPS) is 18.3. The first-order valence-corrected chi connectivity index (χ1v) is 7.00. The van der Waals surface area contributed by atoms with Gasteiger partial charge < -0.3 is 5.32 Å². The van der Waals surface area contributed by atoms with E-state index in [1.807, 2.05) is 6.92 Å². The monoisotopic (exact) mass is 252 g/mol. The zero-order valence-corrected chi connectivity index (χ0v) is 11.6. The number of hydrogen-bond acceptors (Lipinski definition) is 4. The number of rotatable bonds is 4. The lowest BCUT2D eigenvalue weighted by Gasteiger charge is -2.23. The maximum Gasteiger partial charge on any atom is 0.164 e. The van der Waals surface area contributed by atoms with Crippen LogP contribution in [0.25, 0.3) is 0 Å². The van der Waals surface area contributed by atoms with Crippen molar-refractivity contribution in [3.8, 4) is 0 Å². The van der Waals surface area contributed by atoms with Crippen LogP contribution in [0.5, 0.6) is 0 Å². The Morgan fingerprint density at radius 1 is 1.47 bits per heavy atom. The fourth-order valence-electron chi connectivity index (χ4n) is 2.60. The maximum absolute atomic E-state index is 11.6. The number of hydrogen-bond donors (Lipinski definition) is 1. The summed E-state index contributed by atoms with van der Waals surface area (Å²) in [5.74, 6) is 0.107. The van der Waals surface area contributed by atoms with Gasteiger partial charge in [-0.2, -0.15) is 4.37 Å². The molecule has 1 saturated carbocycles. The van der Waals surface area contributed by atoms with E-state index in [-0.39, 0.29) is 5.78 Å². The summed E-state index contributed by atoms with van der Waals surface area (Å²) in [5, 5.41) is 4.38. The number of carbonyl (C=O) groups excluding carboxylic acids is 1. The van der Waals surface area contributed by atoms with E-state index in [0.29, 0.717) is 5.41 Å². The summed E-state index contributed by atoms with van der Waals surface area (Å²) < 4.78 is 4.26. The molecule has 4 heteroatoms. The Balaban J connectivity index is 2.06. The summed E-state index contributed by atoms with van der Waals surface area (Å²) in [7, 11) is 0. The van der Waals surface area contributed by atoms with Crippen LogP contribution in [0.4, 0.5) is 5.00 Å². The average molecular weight is 252 g/mol. The third-order valence-electron chi connectivity index (χ3n) is 3.70. The van der Waals surface area contributed by atoms with E-state index in [0.717, 1.165) is 22.8 Å². The van der Waals surface area contributed by atoms with Crippen molar-refractivity contribution in [1.29, 1.82) is 0 Å². The Bertz CT molecular complexity index is 419. The second-order valence-corrected chi connectivity index (χ2v) is 6.17. The van der Waals surface area contributed by atoms with Crippen LogP contribution in [-0.4, -0.2) is 16.7 Å². The first-order chi connectivity index (χ1) is 8.02. The van der Waals surface area contributed by atoms with E-state index >= 15 is 0 Å². The molecule has 0 aliphatic heterocycles. The minimum absolute atomic E-state index is 0.107. The quantitative estimate of drug-likeness (QED) is 0.832. The summed E-state index contributed by atoms with van der Waals surface area (Å²) in [6.07, 6.45) is 5.24. The molecule has 1 N–H and O–H groups in total. The van der Waals surface area contributed by atoms with Crippen molar-refractivity contribution in [1.82, 2.24) is 4.37 Å². The Hall–Kier alpha value is -0.900. The zero-order chi connectivity index (χ0) is 12.5. The molecular formula is C13H20N2OS. The molecule has 1 aliphatic rings. The van der Waals surface area contributed by atoms with E-state index in [9.17, 15) is 4.79 Å². The van der Waals surface area contributed by atoms with Crippen LogP contribution < -0.4 is 5.32 Å². The van der Waals surface area contributed by atoms with E-state index in [1.165, 1.54) is 37.2 Å². The highest BCUT2D eigenvalue weighted by Gasteiger charge is 2.29. The number of anilines is 1. The molecular weight excluding hydrogens is 232 g/mol. The van der Waals surface area contributed by atoms with Gasteiger partial charge in [-0.25, -0.2) is 0 Å². The molecule has 0 bridgehead atoms. The maximum atomic E-state index is 11.6. The molecule has 3 nitrogen and oxygen atoms in total. The van der Waals surface area contributed by atoms with Gasteiger partial charge in [-0.1, -0.05) is 19.8 Å². The molecule has 1 aliphatic carbocycles. The number of aromatic nitrogens is 1. The fourth-order valence-corrected chi connectivity index (χ4v) is 3.44. The molecule has 0 radical (unpaired) electrons. The first-order valence-electron chi connectivity index (χ1n) is 6.23. The molecule has 1 fully saturated rings. The van der Waals surface area contributed by atoms with Gasteiger partial charge in [0.2, 0.25) is 0 Å². The van der Waals surface area contributed by atoms with E-state index in [2.05, 4.69) is 16.6 Å². The summed E-state index contributed by atoms with van der Waals surface area (Å²) in [6.45, 7) is 6.79. The minimum Gasteiger partial charge on any atom is -0.375 e. The predicted molar refractivity (Wildman–Crippen MR) is 71.9 cm³/mol. The Kier molecular flexibility index (Phi) is 3.52. The topological polar surface area (TPSA) is 42.0 Å². The van der Waals surface area contributed by atoms with Crippen molar-refractivity contribution in [3.05, 3.63) is 11.3 Å². The van der Waals surface area contributed by atoms with Gasteiger partial charge in [0.1, 0.15) is 5.00 Å². The first kappa shape index (κ1) is 12.6. The number of aryl methyl sites for hydroxylation is 1. The van der Waals surface area contributed by atoms with Gasteiger partial charge in [0.25, 0.3) is 0 Å². The van der Waals surface area contributed by atoms with Crippen LogP contribution in [0.15, 0.2) is 0 Å². The number of carbonyl (C=O) groups is 1. The molecule has 1 aromatic heterocycles. The summed E-state index contributed by atoms with van der Waals surface area (Å²) in [5.41, 5.74) is 2.02. The van der Waals surface area contributed by atoms with Crippen molar-refractivity contribution < 1.29 is 4.79 Å². The highest BCUT2D eigenvalue weighted by Crippen LogP contribution is 2.38. The molecule has 0 amide bonds. The van der Waals surface area contributed by atoms with Gasteiger partial charge in [-0.15, -0.1) is 0 Å².